The summed E-state index contributed by atoms with van der Waals surface area (Å²) in [6.45, 7) is 4.17. The Labute approximate surface area is 141 Å². The van der Waals surface area contributed by atoms with Gasteiger partial charge in [-0.2, -0.15) is 5.10 Å². The maximum absolute atomic E-state index is 12.2. The normalized spacial score (nSPS) is 12.5. The average Bonchev–Trinajstić information content (AvgIpc) is 3.16. The van der Waals surface area contributed by atoms with Crippen LogP contribution in [0.25, 0.3) is 22.6 Å². The van der Waals surface area contributed by atoms with E-state index in [4.69, 9.17) is 4.74 Å². The smallest absolute Gasteiger partial charge is 0.229 e. The number of imidazole rings is 1. The van der Waals surface area contributed by atoms with Gasteiger partial charge in [-0.1, -0.05) is 0 Å². The Morgan fingerprint density at radius 3 is 2.62 bits per heavy atom. The zero-order valence-corrected chi connectivity index (χ0v) is 14.8. The standard InChI is InChI=1S/C16H18N4O3S/c1-5-19-9-8-11(18-19)16-17-14-12(20(16)10(2)21)6-7-13(23-3)15(14)24(4)22/h6-9H,5H2,1-4H3. The largest absolute Gasteiger partial charge is 0.495 e. The van der Waals surface area contributed by atoms with E-state index >= 15 is 0 Å². The van der Waals surface area contributed by atoms with E-state index in [0.29, 0.717) is 33.2 Å². The third-order valence-electron chi connectivity index (χ3n) is 3.76. The molecule has 7 nitrogen and oxygen atoms in total. The van der Waals surface area contributed by atoms with Crippen LogP contribution in [0.2, 0.25) is 0 Å². The highest BCUT2D eigenvalue weighted by atomic mass is 32.2. The van der Waals surface area contributed by atoms with Crippen molar-refractivity contribution in [2.45, 2.75) is 25.3 Å². The lowest BCUT2D eigenvalue weighted by Gasteiger charge is -2.07. The van der Waals surface area contributed by atoms with Crippen LogP contribution in [0.5, 0.6) is 5.75 Å². The van der Waals surface area contributed by atoms with E-state index in [1.165, 1.54) is 18.6 Å². The van der Waals surface area contributed by atoms with Crippen LogP contribution in [-0.4, -0.2) is 42.8 Å². The second-order valence-electron chi connectivity index (χ2n) is 5.27. The summed E-state index contributed by atoms with van der Waals surface area (Å²) in [5.41, 5.74) is 1.68. The minimum absolute atomic E-state index is 0.184. The lowest BCUT2D eigenvalue weighted by atomic mass is 10.3. The van der Waals surface area contributed by atoms with Gasteiger partial charge in [0.25, 0.3) is 0 Å². The number of aryl methyl sites for hydroxylation is 1. The van der Waals surface area contributed by atoms with Crippen LogP contribution in [0, 0.1) is 0 Å². The van der Waals surface area contributed by atoms with Gasteiger partial charge in [-0.05, 0) is 25.1 Å². The van der Waals surface area contributed by atoms with Crippen molar-refractivity contribution in [2.75, 3.05) is 13.4 Å². The van der Waals surface area contributed by atoms with E-state index in [-0.39, 0.29) is 5.91 Å². The SMILES string of the molecule is CCn1ccc(-c2nc3c(S(C)=O)c(OC)ccc3n2C(C)=O)n1. The minimum Gasteiger partial charge on any atom is -0.495 e. The van der Waals surface area contributed by atoms with E-state index in [0.717, 1.165) is 6.54 Å². The molecule has 0 aliphatic heterocycles. The molecule has 0 aliphatic carbocycles. The van der Waals surface area contributed by atoms with Crippen molar-refractivity contribution in [3.63, 3.8) is 0 Å². The second kappa shape index (κ2) is 6.20. The van der Waals surface area contributed by atoms with Crippen molar-refractivity contribution in [2.24, 2.45) is 0 Å². The number of fused-ring (bicyclic) bond motifs is 1. The van der Waals surface area contributed by atoms with Crippen LogP contribution >= 0.6 is 0 Å². The number of ether oxygens (including phenoxy) is 1. The fourth-order valence-corrected chi connectivity index (χ4v) is 3.54. The molecule has 1 atom stereocenters. The molecule has 0 saturated carbocycles. The summed E-state index contributed by atoms with van der Waals surface area (Å²) in [5, 5.41) is 4.43. The number of nitrogens with zero attached hydrogens (tertiary/aromatic N) is 4. The Bertz CT molecular complexity index is 958. The first-order valence-corrected chi connectivity index (χ1v) is 9.01. The van der Waals surface area contributed by atoms with Gasteiger partial charge in [0.05, 0.1) is 23.4 Å². The highest BCUT2D eigenvalue weighted by Crippen LogP contribution is 2.33. The van der Waals surface area contributed by atoms with Gasteiger partial charge in [-0.25, -0.2) is 4.98 Å². The first kappa shape index (κ1) is 16.4. The Balaban J connectivity index is 2.37. The number of benzene rings is 1. The van der Waals surface area contributed by atoms with Crippen molar-refractivity contribution in [3.8, 4) is 17.3 Å². The van der Waals surface area contributed by atoms with Gasteiger partial charge in [0.15, 0.2) is 5.82 Å². The van der Waals surface area contributed by atoms with Gasteiger partial charge in [-0.15, -0.1) is 0 Å². The van der Waals surface area contributed by atoms with Gasteiger partial charge in [0.2, 0.25) is 5.91 Å². The highest BCUT2D eigenvalue weighted by Gasteiger charge is 2.23. The van der Waals surface area contributed by atoms with E-state index in [9.17, 15) is 9.00 Å². The molecule has 24 heavy (non-hydrogen) atoms. The van der Waals surface area contributed by atoms with Crippen molar-refractivity contribution >= 4 is 27.7 Å². The maximum atomic E-state index is 12.2. The molecule has 3 aromatic rings. The van der Waals surface area contributed by atoms with Crippen LogP contribution in [0.4, 0.5) is 0 Å². The van der Waals surface area contributed by atoms with Crippen molar-refractivity contribution in [1.29, 1.82) is 0 Å². The van der Waals surface area contributed by atoms with E-state index in [1.54, 1.807) is 23.1 Å². The number of carbonyl (C=O) groups excluding carboxylic acids is 1. The summed E-state index contributed by atoms with van der Waals surface area (Å²) in [7, 11) is 0.204. The summed E-state index contributed by atoms with van der Waals surface area (Å²) in [6, 6.07) is 5.26. The first-order chi connectivity index (χ1) is 11.5. The summed E-state index contributed by atoms with van der Waals surface area (Å²) >= 11 is 0. The molecule has 2 heterocycles. The molecule has 0 N–H and O–H groups in total. The molecule has 3 rings (SSSR count). The Morgan fingerprint density at radius 2 is 2.08 bits per heavy atom. The topological polar surface area (TPSA) is 79.0 Å². The number of aromatic nitrogens is 4. The number of hydrogen-bond acceptors (Lipinski definition) is 5. The molecule has 2 aromatic heterocycles. The molecule has 0 aliphatic rings. The second-order valence-corrected chi connectivity index (χ2v) is 6.58. The lowest BCUT2D eigenvalue weighted by Crippen LogP contribution is -2.08. The van der Waals surface area contributed by atoms with Crippen molar-refractivity contribution < 1.29 is 13.7 Å². The van der Waals surface area contributed by atoms with Crippen LogP contribution in [0.1, 0.15) is 18.6 Å². The molecule has 126 valence electrons. The number of hydrogen-bond donors (Lipinski definition) is 0. The van der Waals surface area contributed by atoms with Gasteiger partial charge in [0.1, 0.15) is 21.9 Å². The minimum atomic E-state index is -1.31. The molecule has 1 aromatic carbocycles. The van der Waals surface area contributed by atoms with Crippen molar-refractivity contribution in [1.82, 2.24) is 19.3 Å². The van der Waals surface area contributed by atoms with Crippen LogP contribution in [0.3, 0.4) is 0 Å². The molecule has 0 fully saturated rings. The van der Waals surface area contributed by atoms with E-state index in [1.807, 2.05) is 19.2 Å². The highest BCUT2D eigenvalue weighted by molar-refractivity contribution is 7.84. The van der Waals surface area contributed by atoms with Crippen molar-refractivity contribution in [3.05, 3.63) is 24.4 Å². The van der Waals surface area contributed by atoms with Gasteiger partial charge >= 0.3 is 0 Å². The number of carbonyl (C=O) groups is 1. The summed E-state index contributed by atoms with van der Waals surface area (Å²) in [5.74, 6) is 0.739. The Kier molecular flexibility index (Phi) is 4.23. The zero-order valence-electron chi connectivity index (χ0n) is 13.9. The number of methoxy groups -OCH3 is 1. The fraction of sp³-hybridized carbons (Fsp3) is 0.312. The molecule has 0 bridgehead atoms. The molecular formula is C16H18N4O3S. The molecular weight excluding hydrogens is 328 g/mol. The Morgan fingerprint density at radius 1 is 1.33 bits per heavy atom. The predicted molar refractivity (Wildman–Crippen MR) is 91.8 cm³/mol. The molecule has 1 unspecified atom stereocenters. The van der Waals surface area contributed by atoms with Crippen LogP contribution in [0.15, 0.2) is 29.3 Å². The maximum Gasteiger partial charge on any atom is 0.229 e. The Hall–Kier alpha value is -2.48. The molecule has 0 radical (unpaired) electrons. The van der Waals surface area contributed by atoms with Gasteiger partial charge in [0, 0.05) is 25.9 Å². The summed E-state index contributed by atoms with van der Waals surface area (Å²) in [4.78, 5) is 17.3. The molecule has 0 spiro atoms. The quantitative estimate of drug-likeness (QED) is 0.724. The van der Waals surface area contributed by atoms with Crippen LogP contribution < -0.4 is 4.74 Å². The van der Waals surface area contributed by atoms with Gasteiger partial charge in [-0.3, -0.25) is 18.3 Å². The lowest BCUT2D eigenvalue weighted by molar-refractivity contribution is 0.0943. The third-order valence-corrected chi connectivity index (χ3v) is 4.73. The average molecular weight is 346 g/mol. The molecule has 0 saturated heterocycles. The fourth-order valence-electron chi connectivity index (χ4n) is 2.69. The molecule has 8 heteroatoms. The first-order valence-electron chi connectivity index (χ1n) is 7.45. The van der Waals surface area contributed by atoms with Gasteiger partial charge < -0.3 is 4.74 Å². The third kappa shape index (κ3) is 2.52. The zero-order chi connectivity index (χ0) is 17.4. The summed E-state index contributed by atoms with van der Waals surface area (Å²) in [6.07, 6.45) is 3.40. The summed E-state index contributed by atoms with van der Waals surface area (Å²) < 4.78 is 20.8. The number of rotatable bonds is 4. The van der Waals surface area contributed by atoms with E-state index < -0.39 is 10.8 Å². The predicted octanol–water partition coefficient (Wildman–Crippen LogP) is 2.33. The van der Waals surface area contributed by atoms with E-state index in [2.05, 4.69) is 10.1 Å². The monoisotopic (exact) mass is 346 g/mol. The van der Waals surface area contributed by atoms with Crippen LogP contribution in [-0.2, 0) is 17.3 Å². The molecule has 0 amide bonds.